The number of amides is 1. The predicted molar refractivity (Wildman–Crippen MR) is 111 cm³/mol. The third kappa shape index (κ3) is 4.56. The number of nitrogens with one attached hydrogen (secondary N) is 1. The normalized spacial score (nSPS) is 13.1. The van der Waals surface area contributed by atoms with Crippen LogP contribution in [0.5, 0.6) is 0 Å². The Kier molecular flexibility index (Phi) is 5.76. The molecule has 0 radical (unpaired) electrons. The highest BCUT2D eigenvalue weighted by molar-refractivity contribution is 7.92. The molecule has 0 heterocycles. The van der Waals surface area contributed by atoms with Gasteiger partial charge < -0.3 is 5.32 Å². The second-order valence-corrected chi connectivity index (χ2v) is 8.66. The van der Waals surface area contributed by atoms with Crippen LogP contribution in [0.4, 0.5) is 24.5 Å². The molecule has 0 spiro atoms. The summed E-state index contributed by atoms with van der Waals surface area (Å²) in [4.78, 5) is 12.9. The highest BCUT2D eigenvalue weighted by Gasteiger charge is 2.34. The van der Waals surface area contributed by atoms with E-state index in [0.29, 0.717) is 16.1 Å². The molecule has 1 amide bonds. The van der Waals surface area contributed by atoms with E-state index in [1.165, 1.54) is 13.0 Å². The Hall–Kier alpha value is -3.07. The zero-order valence-electron chi connectivity index (χ0n) is 16.1. The Balaban J connectivity index is 1.96. The van der Waals surface area contributed by atoms with E-state index in [-0.39, 0.29) is 5.69 Å². The zero-order chi connectivity index (χ0) is 22.1. The van der Waals surface area contributed by atoms with Gasteiger partial charge in [-0.25, -0.2) is 8.42 Å². The minimum Gasteiger partial charge on any atom is -0.324 e. The van der Waals surface area contributed by atoms with Crippen molar-refractivity contribution in [2.24, 2.45) is 0 Å². The number of anilines is 2. The molecular formula is C21H19F3N2O3S. The summed E-state index contributed by atoms with van der Waals surface area (Å²) in [7, 11) is -4.05. The van der Waals surface area contributed by atoms with Gasteiger partial charge in [0.1, 0.15) is 6.04 Å². The summed E-state index contributed by atoms with van der Waals surface area (Å²) in [5.74, 6) is -0.672. The van der Waals surface area contributed by atoms with Gasteiger partial charge in [0.2, 0.25) is 15.9 Å². The lowest BCUT2D eigenvalue weighted by Gasteiger charge is -2.28. The van der Waals surface area contributed by atoms with Gasteiger partial charge in [-0.15, -0.1) is 0 Å². The van der Waals surface area contributed by atoms with E-state index >= 15 is 0 Å². The first kappa shape index (κ1) is 21.6. The lowest BCUT2D eigenvalue weighted by Crippen LogP contribution is -2.45. The molecule has 0 aromatic heterocycles. The van der Waals surface area contributed by atoms with Crippen LogP contribution in [0.3, 0.4) is 0 Å². The van der Waals surface area contributed by atoms with Crippen LogP contribution < -0.4 is 9.62 Å². The number of hydrogen-bond acceptors (Lipinski definition) is 3. The van der Waals surface area contributed by atoms with Crippen molar-refractivity contribution in [1.29, 1.82) is 0 Å². The molecule has 0 aliphatic rings. The van der Waals surface area contributed by atoms with Gasteiger partial charge in [-0.2, -0.15) is 13.2 Å². The molecule has 0 saturated heterocycles. The number of halogens is 3. The number of carbonyl (C=O) groups is 1. The fraction of sp³-hybridized carbons (Fsp3) is 0.190. The maximum Gasteiger partial charge on any atom is 0.416 e. The van der Waals surface area contributed by atoms with Crippen LogP contribution in [0.1, 0.15) is 12.5 Å². The molecule has 1 unspecified atom stereocenters. The van der Waals surface area contributed by atoms with Crippen molar-refractivity contribution < 1.29 is 26.4 Å². The average Bonchev–Trinajstić information content (AvgIpc) is 2.67. The average molecular weight is 436 g/mol. The topological polar surface area (TPSA) is 66.5 Å². The first-order chi connectivity index (χ1) is 14.0. The van der Waals surface area contributed by atoms with E-state index in [4.69, 9.17) is 0 Å². The zero-order valence-corrected chi connectivity index (χ0v) is 17.0. The number of nitrogens with zero attached hydrogens (tertiary/aromatic N) is 1. The molecule has 0 bridgehead atoms. The van der Waals surface area contributed by atoms with Crippen LogP contribution in [0.25, 0.3) is 10.8 Å². The van der Waals surface area contributed by atoms with Crippen molar-refractivity contribution in [1.82, 2.24) is 0 Å². The molecule has 158 valence electrons. The SMILES string of the molecule is CC(C(=O)Nc1cccc2ccccc12)N(c1cccc(C(F)(F)F)c1)S(C)(=O)=O. The van der Waals surface area contributed by atoms with Crippen molar-refractivity contribution in [3.8, 4) is 0 Å². The summed E-state index contributed by atoms with van der Waals surface area (Å²) in [5, 5.41) is 4.32. The summed E-state index contributed by atoms with van der Waals surface area (Å²) in [6.45, 7) is 1.32. The van der Waals surface area contributed by atoms with E-state index in [1.54, 1.807) is 24.3 Å². The first-order valence-electron chi connectivity index (χ1n) is 8.94. The Bertz CT molecular complexity index is 1190. The van der Waals surface area contributed by atoms with E-state index in [9.17, 15) is 26.4 Å². The molecule has 30 heavy (non-hydrogen) atoms. The van der Waals surface area contributed by atoms with Crippen LogP contribution in [0.15, 0.2) is 66.7 Å². The summed E-state index contributed by atoms with van der Waals surface area (Å²) >= 11 is 0. The minimum atomic E-state index is -4.65. The van der Waals surface area contributed by atoms with Crippen molar-refractivity contribution in [2.45, 2.75) is 19.1 Å². The molecule has 3 aromatic rings. The molecule has 9 heteroatoms. The van der Waals surface area contributed by atoms with Gasteiger partial charge in [-0.05, 0) is 36.6 Å². The quantitative estimate of drug-likeness (QED) is 0.633. The third-order valence-electron chi connectivity index (χ3n) is 4.56. The fourth-order valence-electron chi connectivity index (χ4n) is 3.20. The van der Waals surface area contributed by atoms with Crippen LogP contribution >= 0.6 is 0 Å². The van der Waals surface area contributed by atoms with Gasteiger partial charge >= 0.3 is 6.18 Å². The maximum atomic E-state index is 13.1. The number of hydrogen-bond donors (Lipinski definition) is 1. The van der Waals surface area contributed by atoms with Crippen molar-refractivity contribution in [2.75, 3.05) is 15.9 Å². The van der Waals surface area contributed by atoms with Crippen LogP contribution in [0.2, 0.25) is 0 Å². The molecule has 1 N–H and O–H groups in total. The Morgan fingerprint density at radius 1 is 1.00 bits per heavy atom. The maximum absolute atomic E-state index is 13.1. The molecule has 0 saturated carbocycles. The molecule has 3 rings (SSSR count). The van der Waals surface area contributed by atoms with E-state index in [2.05, 4.69) is 5.32 Å². The molecule has 1 atom stereocenters. The summed E-state index contributed by atoms with van der Waals surface area (Å²) in [6, 6.07) is 15.2. The van der Waals surface area contributed by atoms with Gasteiger partial charge in [0.25, 0.3) is 0 Å². The summed E-state index contributed by atoms with van der Waals surface area (Å²) in [6.07, 6.45) is -3.80. The van der Waals surface area contributed by atoms with Gasteiger partial charge in [-0.1, -0.05) is 42.5 Å². The second kappa shape index (κ2) is 7.98. The van der Waals surface area contributed by atoms with Crippen LogP contribution in [-0.4, -0.2) is 26.6 Å². The number of benzene rings is 3. The number of alkyl halides is 3. The molecule has 0 aliphatic carbocycles. The molecule has 0 aliphatic heterocycles. The lowest BCUT2D eigenvalue weighted by molar-refractivity contribution is -0.137. The van der Waals surface area contributed by atoms with Gasteiger partial charge in [0.05, 0.1) is 17.5 Å². The van der Waals surface area contributed by atoms with E-state index in [1.807, 2.05) is 18.2 Å². The monoisotopic (exact) mass is 436 g/mol. The predicted octanol–water partition coefficient (Wildman–Crippen LogP) is 4.65. The number of rotatable bonds is 5. The van der Waals surface area contributed by atoms with E-state index < -0.39 is 33.7 Å². The van der Waals surface area contributed by atoms with Crippen LogP contribution in [0, 0.1) is 0 Å². The molecule has 0 fully saturated rings. The summed E-state index contributed by atoms with van der Waals surface area (Å²) < 4.78 is 64.6. The largest absolute Gasteiger partial charge is 0.416 e. The number of sulfonamides is 1. The third-order valence-corrected chi connectivity index (χ3v) is 5.81. The summed E-state index contributed by atoms with van der Waals surface area (Å²) in [5.41, 5.74) is -0.773. The first-order valence-corrected chi connectivity index (χ1v) is 10.8. The highest BCUT2D eigenvalue weighted by atomic mass is 32.2. The fourth-order valence-corrected chi connectivity index (χ4v) is 4.37. The van der Waals surface area contributed by atoms with Crippen molar-refractivity contribution in [3.63, 3.8) is 0 Å². The van der Waals surface area contributed by atoms with Crippen molar-refractivity contribution in [3.05, 3.63) is 72.3 Å². The van der Waals surface area contributed by atoms with E-state index in [0.717, 1.165) is 29.2 Å². The van der Waals surface area contributed by atoms with Gasteiger partial charge in [0, 0.05) is 11.1 Å². The van der Waals surface area contributed by atoms with Gasteiger partial charge in [0.15, 0.2) is 0 Å². The number of carbonyl (C=O) groups excluding carboxylic acids is 1. The lowest BCUT2D eigenvalue weighted by atomic mass is 10.1. The smallest absolute Gasteiger partial charge is 0.324 e. The minimum absolute atomic E-state index is 0.243. The standard InChI is InChI=1S/C21H19F3N2O3S/c1-14(20(27)25-19-12-5-8-15-7-3-4-11-18(15)19)26(30(2,28)29)17-10-6-9-16(13-17)21(22,23)24/h3-14H,1-2H3,(H,25,27). The second-order valence-electron chi connectivity index (χ2n) is 6.80. The van der Waals surface area contributed by atoms with Crippen LogP contribution in [-0.2, 0) is 21.0 Å². The van der Waals surface area contributed by atoms with Crippen molar-refractivity contribution >= 4 is 38.1 Å². The Morgan fingerprint density at radius 2 is 1.63 bits per heavy atom. The number of fused-ring (bicyclic) bond motifs is 1. The van der Waals surface area contributed by atoms with Gasteiger partial charge in [-0.3, -0.25) is 9.10 Å². The molecular weight excluding hydrogens is 417 g/mol. The molecule has 3 aromatic carbocycles. The highest BCUT2D eigenvalue weighted by Crippen LogP contribution is 2.33. The Morgan fingerprint density at radius 3 is 2.30 bits per heavy atom. The Labute approximate surface area is 172 Å². The molecule has 5 nitrogen and oxygen atoms in total.